The zero-order chi connectivity index (χ0) is 13.1. The number of halogens is 1. The molecule has 1 aromatic rings. The molecule has 0 unspecified atom stereocenters. The van der Waals surface area contributed by atoms with Gasteiger partial charge in [-0.3, -0.25) is 14.9 Å². The Labute approximate surface area is 103 Å². The number of hydrogen-bond acceptors (Lipinski definition) is 3. The van der Waals surface area contributed by atoms with Gasteiger partial charge < -0.3 is 4.90 Å². The maximum atomic E-state index is 13.4. The summed E-state index contributed by atoms with van der Waals surface area (Å²) in [6.07, 6.45) is 4.60. The predicted octanol–water partition coefficient (Wildman–Crippen LogP) is 2.14. The predicted molar refractivity (Wildman–Crippen MR) is 62.7 cm³/mol. The Bertz CT molecular complexity index is 528. The molecule has 1 heterocycles. The fraction of sp³-hybridized carbons (Fsp3) is 0.250. The SMILES string of the molecule is O=C(c1ccc([N+](=O)[O-])c(F)c1)N1CC=CCC1. The van der Waals surface area contributed by atoms with Crippen molar-refractivity contribution in [3.05, 3.63) is 51.8 Å². The number of rotatable bonds is 2. The van der Waals surface area contributed by atoms with Crippen molar-refractivity contribution in [2.45, 2.75) is 6.42 Å². The highest BCUT2D eigenvalue weighted by Crippen LogP contribution is 2.19. The summed E-state index contributed by atoms with van der Waals surface area (Å²) in [7, 11) is 0. The summed E-state index contributed by atoms with van der Waals surface area (Å²) in [5, 5.41) is 10.5. The monoisotopic (exact) mass is 250 g/mol. The van der Waals surface area contributed by atoms with Crippen LogP contribution in [0.4, 0.5) is 10.1 Å². The molecular formula is C12H11FN2O3. The van der Waals surface area contributed by atoms with Crippen LogP contribution in [-0.2, 0) is 0 Å². The van der Waals surface area contributed by atoms with Gasteiger partial charge >= 0.3 is 5.69 Å². The molecule has 2 rings (SSSR count). The number of nitro groups is 1. The molecule has 0 spiro atoms. The van der Waals surface area contributed by atoms with E-state index in [-0.39, 0.29) is 11.5 Å². The van der Waals surface area contributed by atoms with Crippen molar-refractivity contribution in [2.24, 2.45) is 0 Å². The molecule has 0 aromatic heterocycles. The molecule has 0 bridgehead atoms. The van der Waals surface area contributed by atoms with E-state index in [1.807, 2.05) is 12.2 Å². The Balaban J connectivity index is 2.23. The van der Waals surface area contributed by atoms with Crippen molar-refractivity contribution in [1.82, 2.24) is 4.90 Å². The van der Waals surface area contributed by atoms with Gasteiger partial charge in [0, 0.05) is 24.7 Å². The molecule has 1 aliphatic heterocycles. The normalized spacial score (nSPS) is 14.6. The molecule has 0 radical (unpaired) electrons. The minimum absolute atomic E-state index is 0.133. The summed E-state index contributed by atoms with van der Waals surface area (Å²) in [6.45, 7) is 1.06. The molecule has 0 fully saturated rings. The van der Waals surface area contributed by atoms with E-state index in [1.165, 1.54) is 6.07 Å². The zero-order valence-corrected chi connectivity index (χ0v) is 9.51. The Morgan fingerprint density at radius 3 is 2.72 bits per heavy atom. The quantitative estimate of drug-likeness (QED) is 0.459. The lowest BCUT2D eigenvalue weighted by atomic mass is 10.1. The molecule has 0 aliphatic carbocycles. The third-order valence-corrected chi connectivity index (χ3v) is 2.74. The molecule has 0 N–H and O–H groups in total. The number of amides is 1. The highest BCUT2D eigenvalue weighted by Gasteiger charge is 2.20. The first kappa shape index (κ1) is 12.2. The minimum atomic E-state index is -0.988. The van der Waals surface area contributed by atoms with Crippen molar-refractivity contribution in [3.8, 4) is 0 Å². The Morgan fingerprint density at radius 2 is 2.17 bits per heavy atom. The Morgan fingerprint density at radius 1 is 1.39 bits per heavy atom. The summed E-state index contributed by atoms with van der Waals surface area (Å²) >= 11 is 0. The average molecular weight is 250 g/mol. The van der Waals surface area contributed by atoms with Crippen LogP contribution in [0.1, 0.15) is 16.8 Å². The molecule has 0 saturated carbocycles. The maximum absolute atomic E-state index is 13.4. The van der Waals surface area contributed by atoms with Crippen LogP contribution in [0.3, 0.4) is 0 Å². The van der Waals surface area contributed by atoms with Crippen molar-refractivity contribution in [3.63, 3.8) is 0 Å². The van der Waals surface area contributed by atoms with Crippen molar-refractivity contribution in [1.29, 1.82) is 0 Å². The lowest BCUT2D eigenvalue weighted by molar-refractivity contribution is -0.387. The fourth-order valence-corrected chi connectivity index (χ4v) is 1.80. The molecule has 0 atom stereocenters. The van der Waals surface area contributed by atoms with Gasteiger partial charge in [0.05, 0.1) is 4.92 Å². The summed E-state index contributed by atoms with van der Waals surface area (Å²) < 4.78 is 13.4. The van der Waals surface area contributed by atoms with Crippen molar-refractivity contribution in [2.75, 3.05) is 13.1 Å². The first-order valence-corrected chi connectivity index (χ1v) is 5.48. The first-order valence-electron chi connectivity index (χ1n) is 5.48. The van der Waals surface area contributed by atoms with Gasteiger partial charge in [-0.25, -0.2) is 0 Å². The largest absolute Gasteiger partial charge is 0.335 e. The fourth-order valence-electron chi connectivity index (χ4n) is 1.80. The lowest BCUT2D eigenvalue weighted by Crippen LogP contribution is -2.33. The molecule has 0 saturated heterocycles. The van der Waals surface area contributed by atoms with Gasteiger partial charge in [-0.15, -0.1) is 0 Å². The summed E-state index contributed by atoms with van der Waals surface area (Å²) in [5.74, 6) is -1.30. The van der Waals surface area contributed by atoms with Crippen LogP contribution in [0, 0.1) is 15.9 Å². The van der Waals surface area contributed by atoms with Gasteiger partial charge in [-0.2, -0.15) is 4.39 Å². The van der Waals surface area contributed by atoms with Crippen molar-refractivity contribution >= 4 is 11.6 Å². The van der Waals surface area contributed by atoms with Crippen molar-refractivity contribution < 1.29 is 14.1 Å². The molecule has 1 amide bonds. The number of hydrogen-bond donors (Lipinski definition) is 0. The number of nitrogens with zero attached hydrogens (tertiary/aromatic N) is 2. The number of carbonyl (C=O) groups excluding carboxylic acids is 1. The molecule has 94 valence electrons. The topological polar surface area (TPSA) is 63.4 Å². The third kappa shape index (κ3) is 2.37. The molecule has 18 heavy (non-hydrogen) atoms. The van der Waals surface area contributed by atoms with Gasteiger partial charge in [-0.05, 0) is 18.6 Å². The standard InChI is InChI=1S/C12H11FN2O3/c13-10-8-9(4-5-11(10)15(17)18)12(16)14-6-2-1-3-7-14/h1-2,4-5,8H,3,6-7H2. The number of nitro benzene ring substituents is 1. The number of carbonyl (C=O) groups is 1. The zero-order valence-electron chi connectivity index (χ0n) is 9.51. The van der Waals surface area contributed by atoms with Crippen LogP contribution in [0.5, 0.6) is 0 Å². The van der Waals surface area contributed by atoms with E-state index in [4.69, 9.17) is 0 Å². The first-order chi connectivity index (χ1) is 8.59. The van der Waals surface area contributed by atoms with E-state index in [9.17, 15) is 19.3 Å². The summed E-state index contributed by atoms with van der Waals surface area (Å²) in [6, 6.07) is 3.21. The second kappa shape index (κ2) is 4.95. The van der Waals surface area contributed by atoms with Crippen LogP contribution >= 0.6 is 0 Å². The van der Waals surface area contributed by atoms with Crippen LogP contribution in [0.15, 0.2) is 30.4 Å². The Hall–Kier alpha value is -2.24. The van der Waals surface area contributed by atoms with Gasteiger partial charge in [-0.1, -0.05) is 12.2 Å². The molecule has 1 aliphatic rings. The minimum Gasteiger partial charge on any atom is -0.335 e. The van der Waals surface area contributed by atoms with E-state index >= 15 is 0 Å². The summed E-state index contributed by atoms with van der Waals surface area (Å²) in [4.78, 5) is 23.2. The van der Waals surface area contributed by atoms with Gasteiger partial charge in [0.2, 0.25) is 5.82 Å². The van der Waals surface area contributed by atoms with Crippen LogP contribution in [0.2, 0.25) is 0 Å². The highest BCUT2D eigenvalue weighted by molar-refractivity contribution is 5.94. The maximum Gasteiger partial charge on any atom is 0.304 e. The van der Waals surface area contributed by atoms with E-state index in [2.05, 4.69) is 0 Å². The number of benzene rings is 1. The molecule has 6 heteroatoms. The van der Waals surface area contributed by atoms with Crippen LogP contribution < -0.4 is 0 Å². The molecule has 5 nitrogen and oxygen atoms in total. The second-order valence-corrected chi connectivity index (χ2v) is 3.93. The van der Waals surface area contributed by atoms with Gasteiger partial charge in [0.25, 0.3) is 5.91 Å². The highest BCUT2D eigenvalue weighted by atomic mass is 19.1. The third-order valence-electron chi connectivity index (χ3n) is 2.74. The average Bonchev–Trinajstić information content (AvgIpc) is 2.38. The smallest absolute Gasteiger partial charge is 0.304 e. The van der Waals surface area contributed by atoms with E-state index in [0.717, 1.165) is 18.6 Å². The van der Waals surface area contributed by atoms with E-state index in [0.29, 0.717) is 13.1 Å². The lowest BCUT2D eigenvalue weighted by Gasteiger charge is -2.23. The van der Waals surface area contributed by atoms with Crippen LogP contribution in [-0.4, -0.2) is 28.8 Å². The second-order valence-electron chi connectivity index (χ2n) is 3.93. The van der Waals surface area contributed by atoms with E-state index < -0.39 is 16.4 Å². The Kier molecular flexibility index (Phi) is 3.36. The molecule has 1 aromatic carbocycles. The van der Waals surface area contributed by atoms with Gasteiger partial charge in [0.15, 0.2) is 0 Å². The summed E-state index contributed by atoms with van der Waals surface area (Å²) in [5.41, 5.74) is -0.488. The van der Waals surface area contributed by atoms with Crippen LogP contribution in [0.25, 0.3) is 0 Å². The van der Waals surface area contributed by atoms with E-state index in [1.54, 1.807) is 4.90 Å². The molecular weight excluding hydrogens is 239 g/mol. The van der Waals surface area contributed by atoms with Gasteiger partial charge in [0.1, 0.15) is 0 Å².